The highest BCUT2D eigenvalue weighted by Gasteiger charge is 2.15. The molecule has 0 unspecified atom stereocenters. The van der Waals surface area contributed by atoms with Crippen molar-refractivity contribution < 1.29 is 4.79 Å². The lowest BCUT2D eigenvalue weighted by molar-refractivity contribution is -0.116. The Bertz CT molecular complexity index is 621. The summed E-state index contributed by atoms with van der Waals surface area (Å²) in [4.78, 5) is 16.3. The van der Waals surface area contributed by atoms with E-state index in [1.807, 2.05) is 38.3 Å². The van der Waals surface area contributed by atoms with E-state index in [-0.39, 0.29) is 11.9 Å². The number of rotatable bonds is 4. The molecule has 2 aromatic rings. The summed E-state index contributed by atoms with van der Waals surface area (Å²) < 4.78 is 0. The van der Waals surface area contributed by atoms with Crippen LogP contribution >= 0.6 is 11.3 Å². The molecule has 0 aliphatic heterocycles. The summed E-state index contributed by atoms with van der Waals surface area (Å²) in [6.07, 6.45) is 0. The maximum Gasteiger partial charge on any atom is 0.248 e. The maximum atomic E-state index is 12.1. The molecule has 0 bridgehead atoms. The van der Waals surface area contributed by atoms with Gasteiger partial charge in [-0.1, -0.05) is 12.1 Å². The van der Waals surface area contributed by atoms with Gasteiger partial charge in [0.2, 0.25) is 5.91 Å². The molecular formula is C15H19N3OS. The molecule has 2 rings (SSSR count). The van der Waals surface area contributed by atoms with Gasteiger partial charge < -0.3 is 10.6 Å². The Morgan fingerprint density at radius 2 is 2.05 bits per heavy atom. The number of carbonyl (C=O) groups is 1. The molecule has 0 saturated carbocycles. The Morgan fingerprint density at radius 3 is 2.70 bits per heavy atom. The number of aromatic nitrogens is 1. The number of thiazole rings is 1. The number of amides is 1. The number of aryl methyl sites for hydroxylation is 2. The molecule has 0 aliphatic rings. The van der Waals surface area contributed by atoms with E-state index < -0.39 is 0 Å². The van der Waals surface area contributed by atoms with Crippen molar-refractivity contribution >= 4 is 28.1 Å². The fraction of sp³-hybridized carbons (Fsp3) is 0.333. The molecule has 0 radical (unpaired) electrons. The lowest BCUT2D eigenvalue weighted by Gasteiger charge is -2.17. The molecule has 1 heterocycles. The first-order valence-electron chi connectivity index (χ1n) is 6.53. The van der Waals surface area contributed by atoms with Crippen molar-refractivity contribution in [3.8, 4) is 0 Å². The third-order valence-electron chi connectivity index (χ3n) is 3.22. The van der Waals surface area contributed by atoms with Crippen LogP contribution in [0.15, 0.2) is 23.6 Å². The summed E-state index contributed by atoms with van der Waals surface area (Å²) in [6.45, 7) is 7.86. The van der Waals surface area contributed by atoms with Crippen LogP contribution in [0.3, 0.4) is 0 Å². The van der Waals surface area contributed by atoms with E-state index in [1.165, 1.54) is 16.9 Å². The highest BCUT2D eigenvalue weighted by molar-refractivity contribution is 7.13. The van der Waals surface area contributed by atoms with E-state index in [4.69, 9.17) is 0 Å². The number of benzene rings is 1. The van der Waals surface area contributed by atoms with Gasteiger partial charge in [0.15, 0.2) is 5.13 Å². The van der Waals surface area contributed by atoms with Crippen molar-refractivity contribution in [2.24, 2.45) is 0 Å². The van der Waals surface area contributed by atoms with Crippen LogP contribution in [-0.4, -0.2) is 16.9 Å². The number of hydrogen-bond acceptors (Lipinski definition) is 4. The van der Waals surface area contributed by atoms with E-state index in [0.29, 0.717) is 5.13 Å². The Balaban J connectivity index is 2.02. The van der Waals surface area contributed by atoms with Gasteiger partial charge in [0.05, 0.1) is 5.69 Å². The average Bonchev–Trinajstić information content (AvgIpc) is 2.80. The standard InChI is InChI=1S/C15H19N3OS/c1-9-6-5-7-13(11(9)3)17-12(4)14(19)18-15-16-10(2)8-20-15/h5-8,12,17H,1-4H3,(H,16,18,19)/t12-/m1/s1. The Hall–Kier alpha value is -1.88. The van der Waals surface area contributed by atoms with E-state index in [0.717, 1.165) is 16.9 Å². The molecule has 5 heteroatoms. The number of carbonyl (C=O) groups excluding carboxylic acids is 1. The van der Waals surface area contributed by atoms with Gasteiger partial charge in [-0.05, 0) is 44.9 Å². The fourth-order valence-electron chi connectivity index (χ4n) is 1.83. The predicted molar refractivity (Wildman–Crippen MR) is 84.5 cm³/mol. The van der Waals surface area contributed by atoms with Crippen LogP contribution in [0, 0.1) is 20.8 Å². The number of nitrogens with zero attached hydrogens (tertiary/aromatic N) is 1. The van der Waals surface area contributed by atoms with E-state index in [2.05, 4.69) is 28.6 Å². The van der Waals surface area contributed by atoms with E-state index in [9.17, 15) is 4.79 Å². The Morgan fingerprint density at radius 1 is 1.30 bits per heavy atom. The van der Waals surface area contributed by atoms with Crippen molar-refractivity contribution in [3.05, 3.63) is 40.4 Å². The predicted octanol–water partition coefficient (Wildman–Crippen LogP) is 3.51. The fourth-order valence-corrected chi connectivity index (χ4v) is 2.52. The Kier molecular flexibility index (Phi) is 4.39. The summed E-state index contributed by atoms with van der Waals surface area (Å²) in [5, 5.41) is 8.62. The second-order valence-corrected chi connectivity index (χ2v) is 5.75. The van der Waals surface area contributed by atoms with Gasteiger partial charge in [-0.15, -0.1) is 11.3 Å². The third-order valence-corrected chi connectivity index (χ3v) is 4.09. The summed E-state index contributed by atoms with van der Waals surface area (Å²) >= 11 is 1.44. The quantitative estimate of drug-likeness (QED) is 0.905. The SMILES string of the molecule is Cc1csc(NC(=O)[C@@H](C)Nc2cccc(C)c2C)n1. The zero-order valence-corrected chi connectivity index (χ0v) is 13.0. The van der Waals surface area contributed by atoms with E-state index >= 15 is 0 Å². The number of nitrogens with one attached hydrogen (secondary N) is 2. The van der Waals surface area contributed by atoms with Crippen LogP contribution in [0.1, 0.15) is 23.7 Å². The van der Waals surface area contributed by atoms with Crippen molar-refractivity contribution in [2.75, 3.05) is 10.6 Å². The molecule has 1 aromatic carbocycles. The van der Waals surface area contributed by atoms with Crippen LogP contribution in [0.4, 0.5) is 10.8 Å². The first-order chi connectivity index (χ1) is 9.47. The van der Waals surface area contributed by atoms with Crippen LogP contribution in [-0.2, 0) is 4.79 Å². The van der Waals surface area contributed by atoms with Crippen molar-refractivity contribution in [1.29, 1.82) is 0 Å². The van der Waals surface area contributed by atoms with Crippen LogP contribution in [0.25, 0.3) is 0 Å². The second-order valence-electron chi connectivity index (χ2n) is 4.90. The molecule has 0 spiro atoms. The molecule has 1 aromatic heterocycles. The smallest absolute Gasteiger partial charge is 0.248 e. The van der Waals surface area contributed by atoms with Gasteiger partial charge in [0.1, 0.15) is 6.04 Å². The lowest BCUT2D eigenvalue weighted by Crippen LogP contribution is -2.32. The minimum atomic E-state index is -0.320. The summed E-state index contributed by atoms with van der Waals surface area (Å²) in [5.74, 6) is -0.0831. The summed E-state index contributed by atoms with van der Waals surface area (Å²) in [6, 6.07) is 5.71. The lowest BCUT2D eigenvalue weighted by atomic mass is 10.1. The molecule has 0 fully saturated rings. The largest absolute Gasteiger partial charge is 0.374 e. The molecule has 106 valence electrons. The van der Waals surface area contributed by atoms with Crippen LogP contribution in [0.5, 0.6) is 0 Å². The van der Waals surface area contributed by atoms with Crippen molar-refractivity contribution in [3.63, 3.8) is 0 Å². The molecule has 2 N–H and O–H groups in total. The van der Waals surface area contributed by atoms with Gasteiger partial charge in [-0.2, -0.15) is 0 Å². The molecule has 4 nitrogen and oxygen atoms in total. The monoisotopic (exact) mass is 289 g/mol. The van der Waals surface area contributed by atoms with Gasteiger partial charge >= 0.3 is 0 Å². The van der Waals surface area contributed by atoms with E-state index in [1.54, 1.807) is 0 Å². The molecule has 0 aliphatic carbocycles. The molecule has 0 saturated heterocycles. The highest BCUT2D eigenvalue weighted by Crippen LogP contribution is 2.19. The summed E-state index contributed by atoms with van der Waals surface area (Å²) in [7, 11) is 0. The normalized spacial score (nSPS) is 12.0. The molecule has 1 amide bonds. The third kappa shape index (κ3) is 3.36. The summed E-state index contributed by atoms with van der Waals surface area (Å²) in [5.41, 5.74) is 4.28. The first kappa shape index (κ1) is 14.5. The van der Waals surface area contributed by atoms with Gasteiger partial charge in [0.25, 0.3) is 0 Å². The average molecular weight is 289 g/mol. The zero-order chi connectivity index (χ0) is 14.7. The maximum absolute atomic E-state index is 12.1. The number of hydrogen-bond donors (Lipinski definition) is 2. The van der Waals surface area contributed by atoms with Gasteiger partial charge in [-0.25, -0.2) is 4.98 Å². The zero-order valence-electron chi connectivity index (χ0n) is 12.2. The molecule has 1 atom stereocenters. The van der Waals surface area contributed by atoms with Crippen LogP contribution in [0.2, 0.25) is 0 Å². The molecular weight excluding hydrogens is 270 g/mol. The van der Waals surface area contributed by atoms with Gasteiger partial charge in [0, 0.05) is 11.1 Å². The minimum Gasteiger partial charge on any atom is -0.374 e. The van der Waals surface area contributed by atoms with Crippen molar-refractivity contribution in [1.82, 2.24) is 4.98 Å². The van der Waals surface area contributed by atoms with Crippen molar-refractivity contribution in [2.45, 2.75) is 33.7 Å². The topological polar surface area (TPSA) is 54.0 Å². The minimum absolute atomic E-state index is 0.0831. The highest BCUT2D eigenvalue weighted by atomic mass is 32.1. The van der Waals surface area contributed by atoms with Gasteiger partial charge in [-0.3, -0.25) is 4.79 Å². The van der Waals surface area contributed by atoms with Crippen LogP contribution < -0.4 is 10.6 Å². The number of anilines is 2. The second kappa shape index (κ2) is 6.05. The Labute approximate surface area is 123 Å². The first-order valence-corrected chi connectivity index (χ1v) is 7.41. The molecule has 20 heavy (non-hydrogen) atoms.